The van der Waals surface area contributed by atoms with Gasteiger partial charge in [-0.1, -0.05) is 46.0 Å². The first kappa shape index (κ1) is 14.1. The quantitative estimate of drug-likeness (QED) is 0.643. The van der Waals surface area contributed by atoms with E-state index in [4.69, 9.17) is 0 Å². The van der Waals surface area contributed by atoms with Crippen molar-refractivity contribution < 1.29 is 4.79 Å². The summed E-state index contributed by atoms with van der Waals surface area (Å²) in [4.78, 5) is 13.8. The topological polar surface area (TPSA) is 32.3 Å². The van der Waals surface area contributed by atoms with E-state index in [-0.39, 0.29) is 6.03 Å². The molecule has 0 bridgehead atoms. The van der Waals surface area contributed by atoms with Crippen LogP contribution in [-0.2, 0) is 0 Å². The molecular formula is C14H26N2O. The van der Waals surface area contributed by atoms with Crippen molar-refractivity contribution >= 4 is 6.03 Å². The van der Waals surface area contributed by atoms with Crippen molar-refractivity contribution in [1.82, 2.24) is 10.2 Å². The molecule has 3 heteroatoms. The Hall–Kier alpha value is -0.990. The third-order valence-electron chi connectivity index (χ3n) is 3.36. The highest BCUT2D eigenvalue weighted by molar-refractivity contribution is 5.76. The summed E-state index contributed by atoms with van der Waals surface area (Å²) in [5.74, 6) is 0. The average Bonchev–Trinajstić information content (AvgIpc) is 2.35. The Morgan fingerprint density at radius 1 is 1.24 bits per heavy atom. The van der Waals surface area contributed by atoms with E-state index >= 15 is 0 Å². The van der Waals surface area contributed by atoms with Crippen LogP contribution >= 0.6 is 0 Å². The van der Waals surface area contributed by atoms with E-state index in [9.17, 15) is 4.79 Å². The SMILES string of the molecule is CCCCCC(CCCC)N1CC=CNC1=O. The van der Waals surface area contributed by atoms with Gasteiger partial charge in [0, 0.05) is 18.8 Å². The van der Waals surface area contributed by atoms with Crippen molar-refractivity contribution in [2.75, 3.05) is 6.54 Å². The standard InChI is InChI=1S/C14H26N2O/c1-3-5-7-10-13(9-6-4-2)16-12-8-11-15-14(16)17/h8,11,13H,3-7,9-10,12H2,1-2H3,(H,15,17). The van der Waals surface area contributed by atoms with E-state index in [1.165, 1.54) is 32.1 Å². The molecule has 2 amide bonds. The summed E-state index contributed by atoms with van der Waals surface area (Å²) in [6, 6.07) is 0.497. The van der Waals surface area contributed by atoms with Crippen LogP contribution in [0.5, 0.6) is 0 Å². The molecule has 1 unspecified atom stereocenters. The number of carbonyl (C=O) groups excluding carboxylic acids is 1. The van der Waals surface area contributed by atoms with E-state index in [2.05, 4.69) is 19.2 Å². The Labute approximate surface area is 105 Å². The maximum absolute atomic E-state index is 11.8. The first-order valence-corrected chi connectivity index (χ1v) is 7.01. The number of rotatable bonds is 8. The molecular weight excluding hydrogens is 212 g/mol. The van der Waals surface area contributed by atoms with Gasteiger partial charge in [-0.25, -0.2) is 4.79 Å². The molecule has 0 aliphatic carbocycles. The maximum Gasteiger partial charge on any atom is 0.321 e. The Kier molecular flexibility index (Phi) is 6.75. The number of amides is 2. The lowest BCUT2D eigenvalue weighted by Crippen LogP contribution is -2.47. The third kappa shape index (κ3) is 4.80. The molecule has 0 aromatic heterocycles. The lowest BCUT2D eigenvalue weighted by atomic mass is 10.0. The van der Waals surface area contributed by atoms with Crippen LogP contribution in [0.2, 0.25) is 0 Å². The van der Waals surface area contributed by atoms with Gasteiger partial charge in [0.1, 0.15) is 0 Å². The Morgan fingerprint density at radius 2 is 1.94 bits per heavy atom. The summed E-state index contributed by atoms with van der Waals surface area (Å²) in [6.45, 7) is 5.20. The molecule has 0 radical (unpaired) electrons. The molecule has 17 heavy (non-hydrogen) atoms. The fourth-order valence-electron chi connectivity index (χ4n) is 2.30. The first-order valence-electron chi connectivity index (χ1n) is 7.01. The molecule has 1 atom stereocenters. The van der Waals surface area contributed by atoms with Gasteiger partial charge in [0.15, 0.2) is 0 Å². The van der Waals surface area contributed by atoms with Gasteiger partial charge in [0.05, 0.1) is 0 Å². The molecule has 0 saturated carbocycles. The smallest absolute Gasteiger partial charge is 0.318 e. The van der Waals surface area contributed by atoms with Gasteiger partial charge in [-0.05, 0) is 18.9 Å². The van der Waals surface area contributed by atoms with Crippen LogP contribution in [0.4, 0.5) is 4.79 Å². The van der Waals surface area contributed by atoms with E-state index < -0.39 is 0 Å². The molecule has 98 valence electrons. The summed E-state index contributed by atoms with van der Waals surface area (Å²) in [5.41, 5.74) is 0. The van der Waals surface area contributed by atoms with Gasteiger partial charge in [-0.2, -0.15) is 0 Å². The number of carbonyl (C=O) groups is 1. The predicted octanol–water partition coefficient (Wildman–Crippen LogP) is 3.66. The van der Waals surface area contributed by atoms with Gasteiger partial charge in [-0.15, -0.1) is 0 Å². The van der Waals surface area contributed by atoms with Crippen molar-refractivity contribution in [2.24, 2.45) is 0 Å². The van der Waals surface area contributed by atoms with Crippen LogP contribution in [-0.4, -0.2) is 23.5 Å². The zero-order valence-corrected chi connectivity index (χ0v) is 11.2. The molecule has 1 N–H and O–H groups in total. The number of hydrogen-bond acceptors (Lipinski definition) is 1. The second-order valence-electron chi connectivity index (χ2n) is 4.80. The summed E-state index contributed by atoms with van der Waals surface area (Å²) < 4.78 is 0. The van der Waals surface area contributed by atoms with E-state index in [0.717, 1.165) is 19.4 Å². The monoisotopic (exact) mass is 238 g/mol. The van der Waals surface area contributed by atoms with E-state index in [1.807, 2.05) is 11.0 Å². The largest absolute Gasteiger partial charge is 0.321 e. The second kappa shape index (κ2) is 8.15. The summed E-state index contributed by atoms with van der Waals surface area (Å²) >= 11 is 0. The van der Waals surface area contributed by atoms with Gasteiger partial charge in [0.25, 0.3) is 0 Å². The molecule has 0 fully saturated rings. The molecule has 1 heterocycles. The normalized spacial score (nSPS) is 17.1. The minimum Gasteiger partial charge on any atom is -0.318 e. The lowest BCUT2D eigenvalue weighted by molar-refractivity contribution is 0.172. The molecule has 1 aliphatic heterocycles. The zero-order chi connectivity index (χ0) is 12.5. The van der Waals surface area contributed by atoms with E-state index in [1.54, 1.807) is 6.20 Å². The van der Waals surface area contributed by atoms with Crippen molar-refractivity contribution in [1.29, 1.82) is 0 Å². The van der Waals surface area contributed by atoms with Crippen molar-refractivity contribution in [3.8, 4) is 0 Å². The number of nitrogens with one attached hydrogen (secondary N) is 1. The number of nitrogens with zero attached hydrogens (tertiary/aromatic N) is 1. The predicted molar refractivity (Wildman–Crippen MR) is 71.8 cm³/mol. The first-order chi connectivity index (χ1) is 8.29. The molecule has 0 aromatic rings. The van der Waals surface area contributed by atoms with Gasteiger partial charge < -0.3 is 10.2 Å². The fraction of sp³-hybridized carbons (Fsp3) is 0.786. The summed E-state index contributed by atoms with van der Waals surface area (Å²) in [6.07, 6.45) is 12.2. The summed E-state index contributed by atoms with van der Waals surface area (Å²) in [7, 11) is 0. The molecule has 3 nitrogen and oxygen atoms in total. The molecule has 1 aliphatic rings. The van der Waals surface area contributed by atoms with Crippen LogP contribution in [0.15, 0.2) is 12.3 Å². The Balaban J connectivity index is 2.47. The van der Waals surface area contributed by atoms with Crippen molar-refractivity contribution in [3.63, 3.8) is 0 Å². The second-order valence-corrected chi connectivity index (χ2v) is 4.80. The minimum atomic E-state index is 0.0742. The Bertz CT molecular complexity index is 251. The lowest BCUT2D eigenvalue weighted by Gasteiger charge is -2.32. The number of unbranched alkanes of at least 4 members (excludes halogenated alkanes) is 3. The highest BCUT2D eigenvalue weighted by atomic mass is 16.2. The van der Waals surface area contributed by atoms with Crippen LogP contribution in [0.25, 0.3) is 0 Å². The van der Waals surface area contributed by atoms with Crippen LogP contribution in [0.1, 0.15) is 58.8 Å². The minimum absolute atomic E-state index is 0.0742. The third-order valence-corrected chi connectivity index (χ3v) is 3.36. The summed E-state index contributed by atoms with van der Waals surface area (Å²) in [5, 5.41) is 2.79. The number of urea groups is 1. The van der Waals surface area contributed by atoms with Gasteiger partial charge >= 0.3 is 6.03 Å². The maximum atomic E-state index is 11.8. The fourth-order valence-corrected chi connectivity index (χ4v) is 2.30. The van der Waals surface area contributed by atoms with Crippen molar-refractivity contribution in [2.45, 2.75) is 64.8 Å². The van der Waals surface area contributed by atoms with E-state index in [0.29, 0.717) is 6.04 Å². The highest BCUT2D eigenvalue weighted by Gasteiger charge is 2.23. The molecule has 0 saturated heterocycles. The average molecular weight is 238 g/mol. The van der Waals surface area contributed by atoms with Gasteiger partial charge in [-0.3, -0.25) is 0 Å². The molecule has 0 aromatic carbocycles. The molecule has 1 rings (SSSR count). The number of hydrogen-bond donors (Lipinski definition) is 1. The molecule has 0 spiro atoms. The van der Waals surface area contributed by atoms with Crippen LogP contribution in [0.3, 0.4) is 0 Å². The zero-order valence-electron chi connectivity index (χ0n) is 11.2. The Morgan fingerprint density at radius 3 is 2.59 bits per heavy atom. The highest BCUT2D eigenvalue weighted by Crippen LogP contribution is 2.17. The van der Waals surface area contributed by atoms with Crippen LogP contribution < -0.4 is 5.32 Å². The van der Waals surface area contributed by atoms with Gasteiger partial charge in [0.2, 0.25) is 0 Å². The van der Waals surface area contributed by atoms with Crippen molar-refractivity contribution in [3.05, 3.63) is 12.3 Å². The van der Waals surface area contributed by atoms with Crippen LogP contribution in [0, 0.1) is 0 Å².